The molecule has 5 heteroatoms. The third-order valence-corrected chi connectivity index (χ3v) is 16.2. The number of aromatic nitrogens is 1. The van der Waals surface area contributed by atoms with Crippen LogP contribution in [0.2, 0.25) is 5.02 Å². The maximum Gasteiger partial charge on any atom is 0.143 e. The second-order valence-electron chi connectivity index (χ2n) is 18.8. The van der Waals surface area contributed by atoms with E-state index in [-0.39, 0.29) is 5.41 Å². The van der Waals surface area contributed by atoms with Gasteiger partial charge < -0.3 is 9.32 Å². The summed E-state index contributed by atoms with van der Waals surface area (Å²) < 4.78 is 6.73. The number of rotatable bonds is 5. The topological polar surface area (TPSA) is 29.3 Å². The molecule has 9 aromatic carbocycles. The van der Waals surface area contributed by atoms with E-state index in [0.717, 1.165) is 55.2 Å². The third kappa shape index (κ3) is 5.53. The molecule has 3 nitrogen and oxygen atoms in total. The summed E-state index contributed by atoms with van der Waals surface area (Å²) in [6.07, 6.45) is 3.72. The molecule has 0 fully saturated rings. The predicted octanol–water partition coefficient (Wildman–Crippen LogP) is 17.6. The van der Waals surface area contributed by atoms with Gasteiger partial charge in [0.2, 0.25) is 0 Å². The van der Waals surface area contributed by atoms with Crippen LogP contribution in [0.25, 0.3) is 66.4 Å². The Bertz CT molecular complexity index is 3860. The Hall–Kier alpha value is -7.63. The zero-order valence-corrected chi connectivity index (χ0v) is 38.9. The van der Waals surface area contributed by atoms with Gasteiger partial charge in [0.15, 0.2) is 0 Å². The Labute approximate surface area is 404 Å². The molecule has 0 N–H and O–H groups in total. The van der Waals surface area contributed by atoms with E-state index in [1.807, 2.05) is 36.3 Å². The summed E-state index contributed by atoms with van der Waals surface area (Å²) in [5, 5.41) is 2.87. The highest BCUT2D eigenvalue weighted by Crippen LogP contribution is 2.63. The van der Waals surface area contributed by atoms with Gasteiger partial charge in [0.05, 0.1) is 5.41 Å². The van der Waals surface area contributed by atoms with Gasteiger partial charge in [-0.15, -0.1) is 0 Å². The number of anilines is 3. The monoisotopic (exact) mass is 908 g/mol. The van der Waals surface area contributed by atoms with Crippen LogP contribution in [-0.2, 0) is 10.8 Å². The van der Waals surface area contributed by atoms with E-state index in [2.05, 4.69) is 212 Å². The number of para-hydroxylation sites is 1. The van der Waals surface area contributed by atoms with E-state index in [4.69, 9.17) is 16.0 Å². The van der Waals surface area contributed by atoms with Crippen LogP contribution in [-0.4, -0.2) is 4.98 Å². The molecule has 2 aliphatic carbocycles. The molecular formula is C63H41ClN2OS. The molecule has 14 rings (SSSR count). The molecule has 1 spiro atoms. The average molecular weight is 910 g/mol. The van der Waals surface area contributed by atoms with Gasteiger partial charge in [-0.2, -0.15) is 0 Å². The Morgan fingerprint density at radius 3 is 1.91 bits per heavy atom. The predicted molar refractivity (Wildman–Crippen MR) is 281 cm³/mol. The number of hydrogen-bond donors (Lipinski definition) is 0. The highest BCUT2D eigenvalue weighted by Gasteiger charge is 2.50. The lowest BCUT2D eigenvalue weighted by Crippen LogP contribution is -2.32. The molecule has 0 saturated carbocycles. The number of benzene rings is 9. The first-order valence-electron chi connectivity index (χ1n) is 23.2. The van der Waals surface area contributed by atoms with Gasteiger partial charge in [-0.25, -0.2) is 0 Å². The maximum atomic E-state index is 6.95. The van der Waals surface area contributed by atoms with Crippen LogP contribution in [0.5, 0.6) is 0 Å². The molecule has 0 radical (unpaired) electrons. The van der Waals surface area contributed by atoms with Crippen LogP contribution in [0, 0.1) is 0 Å². The number of pyridine rings is 1. The molecule has 0 unspecified atom stereocenters. The molecule has 68 heavy (non-hydrogen) atoms. The van der Waals surface area contributed by atoms with Gasteiger partial charge in [0.1, 0.15) is 11.2 Å². The molecule has 11 aromatic rings. The van der Waals surface area contributed by atoms with E-state index in [9.17, 15) is 0 Å². The number of fused-ring (bicyclic) bond motifs is 15. The minimum Gasteiger partial charge on any atom is -0.455 e. The zero-order chi connectivity index (χ0) is 45.3. The van der Waals surface area contributed by atoms with Crippen molar-refractivity contribution in [2.24, 2.45) is 0 Å². The standard InChI is InChI=1S/C63H41ClN2OS/c1-62(2)52-21-7-3-17-47(52)49-20-12-19-44(60(49)62)39-13-11-14-41(33-39)66(43-35-50(38-29-31-65-32-30-38)61-51(36-43)48-18-6-10-24-57(48)67-61)42-26-27-55-59(37-42)68-58-28-25-40(64)34-56(58)63(55)53-22-8-4-15-45(53)46-16-5-9-23-54(46)63/h3-37H,1-2H3. The van der Waals surface area contributed by atoms with Crippen molar-refractivity contribution in [2.45, 2.75) is 34.5 Å². The van der Waals surface area contributed by atoms with Crippen LogP contribution in [0.4, 0.5) is 17.1 Å². The summed E-state index contributed by atoms with van der Waals surface area (Å²) in [5.74, 6) is 0. The largest absolute Gasteiger partial charge is 0.455 e. The summed E-state index contributed by atoms with van der Waals surface area (Å²) in [5.41, 5.74) is 21.5. The van der Waals surface area contributed by atoms with E-state index in [1.165, 1.54) is 76.6 Å². The summed E-state index contributed by atoms with van der Waals surface area (Å²) in [6.45, 7) is 4.74. The van der Waals surface area contributed by atoms with Crippen molar-refractivity contribution in [2.75, 3.05) is 4.90 Å². The van der Waals surface area contributed by atoms with Crippen LogP contribution in [0.3, 0.4) is 0 Å². The first-order valence-corrected chi connectivity index (χ1v) is 24.4. The number of halogens is 1. The molecule has 0 atom stereocenters. The van der Waals surface area contributed by atoms with Crippen molar-refractivity contribution < 1.29 is 4.42 Å². The Morgan fingerprint density at radius 2 is 1.12 bits per heavy atom. The molecular weight excluding hydrogens is 868 g/mol. The first-order chi connectivity index (χ1) is 33.4. The molecule has 322 valence electrons. The van der Waals surface area contributed by atoms with E-state index < -0.39 is 5.41 Å². The summed E-state index contributed by atoms with van der Waals surface area (Å²) in [6, 6.07) is 73.4. The summed E-state index contributed by atoms with van der Waals surface area (Å²) in [4.78, 5) is 9.25. The lowest BCUT2D eigenvalue weighted by molar-refractivity contribution is 0.662. The molecule has 0 amide bonds. The minimum absolute atomic E-state index is 0.172. The van der Waals surface area contributed by atoms with Crippen LogP contribution < -0.4 is 4.90 Å². The minimum atomic E-state index is -0.557. The van der Waals surface area contributed by atoms with Crippen LogP contribution >= 0.6 is 23.4 Å². The Balaban J connectivity index is 1.03. The van der Waals surface area contributed by atoms with E-state index in [1.54, 1.807) is 0 Å². The maximum absolute atomic E-state index is 6.95. The molecule has 3 heterocycles. The first kappa shape index (κ1) is 39.5. The fourth-order valence-corrected chi connectivity index (χ4v) is 13.4. The Morgan fingerprint density at radius 1 is 0.456 bits per heavy atom. The van der Waals surface area contributed by atoms with Gasteiger partial charge in [0.25, 0.3) is 0 Å². The number of furan rings is 1. The van der Waals surface area contributed by atoms with Crippen molar-refractivity contribution in [1.29, 1.82) is 0 Å². The zero-order valence-electron chi connectivity index (χ0n) is 37.3. The lowest BCUT2D eigenvalue weighted by atomic mass is 9.67. The summed E-state index contributed by atoms with van der Waals surface area (Å²) >= 11 is 8.78. The quantitative estimate of drug-likeness (QED) is 0.172. The molecule has 0 saturated heterocycles. The number of nitrogens with zero attached hydrogens (tertiary/aromatic N) is 2. The molecule has 1 aliphatic heterocycles. The van der Waals surface area contributed by atoms with E-state index >= 15 is 0 Å². The number of hydrogen-bond acceptors (Lipinski definition) is 4. The van der Waals surface area contributed by atoms with Gasteiger partial charge in [-0.3, -0.25) is 4.98 Å². The van der Waals surface area contributed by atoms with Gasteiger partial charge in [-0.05, 0) is 145 Å². The van der Waals surface area contributed by atoms with Crippen molar-refractivity contribution >= 4 is 62.4 Å². The average Bonchev–Trinajstić information content (AvgIpc) is 3.98. The van der Waals surface area contributed by atoms with Crippen LogP contribution in [0.15, 0.2) is 227 Å². The van der Waals surface area contributed by atoms with E-state index in [0.29, 0.717) is 0 Å². The SMILES string of the molecule is CC1(C)c2ccccc2-c2cccc(-c3cccc(N(c4ccc5c(c4)Sc4ccc(Cl)cc4C54c5ccccc5-c5ccccc54)c4cc(-c5ccncc5)c5oc6ccccc6c5c4)c3)c21. The van der Waals surface area contributed by atoms with Gasteiger partial charge in [-0.1, -0.05) is 165 Å². The smallest absolute Gasteiger partial charge is 0.143 e. The second kappa shape index (κ2) is 14.7. The third-order valence-electron chi connectivity index (χ3n) is 14.9. The van der Waals surface area contributed by atoms with Crippen molar-refractivity contribution in [3.05, 3.63) is 251 Å². The molecule has 0 bridgehead atoms. The molecule has 2 aromatic heterocycles. The van der Waals surface area contributed by atoms with Gasteiger partial charge >= 0.3 is 0 Å². The molecule has 3 aliphatic rings. The summed E-state index contributed by atoms with van der Waals surface area (Å²) in [7, 11) is 0. The lowest BCUT2D eigenvalue weighted by Gasteiger charge is -2.40. The van der Waals surface area contributed by atoms with Crippen molar-refractivity contribution in [3.8, 4) is 44.5 Å². The van der Waals surface area contributed by atoms with Crippen molar-refractivity contribution in [1.82, 2.24) is 4.98 Å². The van der Waals surface area contributed by atoms with Gasteiger partial charge in [0, 0.05) is 66.0 Å². The highest BCUT2D eigenvalue weighted by atomic mass is 35.5. The van der Waals surface area contributed by atoms with Crippen LogP contribution in [0.1, 0.15) is 47.2 Å². The normalized spacial score (nSPS) is 14.3. The van der Waals surface area contributed by atoms with Crippen molar-refractivity contribution in [3.63, 3.8) is 0 Å². The fraction of sp³-hybridized carbons (Fsp3) is 0.0635. The second-order valence-corrected chi connectivity index (χ2v) is 20.3. The Kier molecular flexibility index (Phi) is 8.54. The highest BCUT2D eigenvalue weighted by molar-refractivity contribution is 7.99. The fourth-order valence-electron chi connectivity index (χ4n) is 12.0.